The highest BCUT2D eigenvalue weighted by atomic mass is 16.5. The minimum absolute atomic E-state index is 0.103. The zero-order valence-corrected chi connectivity index (χ0v) is 11.7. The molecule has 0 atom stereocenters. The van der Waals surface area contributed by atoms with Crippen molar-refractivity contribution < 1.29 is 9.94 Å². The molecule has 0 aromatic heterocycles. The highest BCUT2D eigenvalue weighted by molar-refractivity contribution is 5.97. The van der Waals surface area contributed by atoms with Crippen LogP contribution in [0.25, 0.3) is 0 Å². The highest BCUT2D eigenvalue weighted by Crippen LogP contribution is 2.12. The Labute approximate surface area is 114 Å². The Kier molecular flexibility index (Phi) is 6.74. The number of nitrogens with zero attached hydrogens (tertiary/aromatic N) is 2. The molecular weight excluding hydrogens is 242 g/mol. The average Bonchev–Trinajstić information content (AvgIpc) is 2.45. The fourth-order valence-electron chi connectivity index (χ4n) is 1.64. The maximum atomic E-state index is 8.56. The number of ether oxygens (including phenoxy) is 1. The van der Waals surface area contributed by atoms with Gasteiger partial charge < -0.3 is 20.6 Å². The van der Waals surface area contributed by atoms with Crippen molar-refractivity contribution in [3.05, 3.63) is 29.8 Å². The van der Waals surface area contributed by atoms with Crippen molar-refractivity contribution in [1.29, 1.82) is 0 Å². The van der Waals surface area contributed by atoms with E-state index in [0.29, 0.717) is 12.2 Å². The summed E-state index contributed by atoms with van der Waals surface area (Å²) in [5, 5.41) is 11.5. The van der Waals surface area contributed by atoms with E-state index in [1.807, 2.05) is 12.1 Å². The summed E-state index contributed by atoms with van der Waals surface area (Å²) >= 11 is 0. The number of unbranched alkanes of at least 4 members (excludes halogenated alkanes) is 1. The molecule has 1 aromatic rings. The first-order chi connectivity index (χ1) is 9.17. The van der Waals surface area contributed by atoms with Crippen LogP contribution in [0.3, 0.4) is 0 Å². The number of rotatable bonds is 8. The molecule has 19 heavy (non-hydrogen) atoms. The Hall–Kier alpha value is -1.75. The van der Waals surface area contributed by atoms with Gasteiger partial charge in [0.05, 0.1) is 0 Å². The molecule has 0 aliphatic carbocycles. The number of benzene rings is 1. The van der Waals surface area contributed by atoms with E-state index >= 15 is 0 Å². The molecule has 1 rings (SSSR count). The molecule has 0 aliphatic heterocycles. The molecule has 0 unspecified atom stereocenters. The molecule has 5 heteroatoms. The summed E-state index contributed by atoms with van der Waals surface area (Å²) in [6.07, 6.45) is 2.42. The lowest BCUT2D eigenvalue weighted by atomic mass is 10.2. The summed E-state index contributed by atoms with van der Waals surface area (Å²) in [6, 6.07) is 7.18. The monoisotopic (exact) mass is 265 g/mol. The van der Waals surface area contributed by atoms with E-state index in [4.69, 9.17) is 15.7 Å². The minimum atomic E-state index is 0.103. The number of nitrogens with two attached hydrogens (primary N) is 1. The smallest absolute Gasteiger partial charge is 0.170 e. The zero-order chi connectivity index (χ0) is 14.1. The van der Waals surface area contributed by atoms with Gasteiger partial charge in [0.1, 0.15) is 12.4 Å². The maximum absolute atomic E-state index is 8.56. The molecule has 0 bridgehead atoms. The van der Waals surface area contributed by atoms with Gasteiger partial charge in [-0.1, -0.05) is 18.5 Å². The van der Waals surface area contributed by atoms with Gasteiger partial charge in [-0.3, -0.25) is 0 Å². The molecule has 0 saturated carbocycles. The van der Waals surface area contributed by atoms with Gasteiger partial charge in [-0.25, -0.2) is 0 Å². The van der Waals surface area contributed by atoms with Gasteiger partial charge in [-0.2, -0.15) is 0 Å². The van der Waals surface area contributed by atoms with Gasteiger partial charge in [0.15, 0.2) is 5.84 Å². The lowest BCUT2D eigenvalue weighted by Gasteiger charge is -2.16. The molecule has 0 heterocycles. The first-order valence-electron chi connectivity index (χ1n) is 6.56. The van der Waals surface area contributed by atoms with E-state index in [1.165, 1.54) is 12.8 Å². The quantitative estimate of drug-likeness (QED) is 0.326. The summed E-state index contributed by atoms with van der Waals surface area (Å²) < 4.78 is 5.64. The largest absolute Gasteiger partial charge is 0.492 e. The van der Waals surface area contributed by atoms with Crippen LogP contribution in [-0.4, -0.2) is 42.7 Å². The summed E-state index contributed by atoms with van der Waals surface area (Å²) in [5.74, 6) is 0.893. The Balaban J connectivity index is 2.34. The van der Waals surface area contributed by atoms with Crippen LogP contribution >= 0.6 is 0 Å². The van der Waals surface area contributed by atoms with E-state index in [9.17, 15) is 0 Å². The van der Waals surface area contributed by atoms with Gasteiger partial charge in [0.25, 0.3) is 0 Å². The third-order valence-corrected chi connectivity index (χ3v) is 2.89. The fourth-order valence-corrected chi connectivity index (χ4v) is 1.64. The number of likely N-dealkylation sites (N-methyl/N-ethyl adjacent to an activating group) is 1. The molecule has 0 fully saturated rings. The molecule has 3 N–H and O–H groups in total. The normalized spacial score (nSPS) is 11.8. The van der Waals surface area contributed by atoms with Crippen LogP contribution in [0.15, 0.2) is 29.4 Å². The second kappa shape index (κ2) is 8.37. The SMILES string of the molecule is CCCCN(C)CCOc1ccc(/C(N)=N/O)cc1. The van der Waals surface area contributed by atoms with E-state index in [0.717, 1.165) is 18.8 Å². The second-order valence-corrected chi connectivity index (χ2v) is 4.51. The van der Waals surface area contributed by atoms with Crippen molar-refractivity contribution in [1.82, 2.24) is 4.90 Å². The first-order valence-corrected chi connectivity index (χ1v) is 6.56. The first kappa shape index (κ1) is 15.3. The molecule has 0 amide bonds. The van der Waals surface area contributed by atoms with Crippen molar-refractivity contribution in [2.24, 2.45) is 10.9 Å². The van der Waals surface area contributed by atoms with Crippen molar-refractivity contribution >= 4 is 5.84 Å². The van der Waals surface area contributed by atoms with Gasteiger partial charge in [-0.05, 0) is 44.3 Å². The van der Waals surface area contributed by atoms with Gasteiger partial charge in [0, 0.05) is 12.1 Å². The topological polar surface area (TPSA) is 71.1 Å². The van der Waals surface area contributed by atoms with Crippen LogP contribution in [-0.2, 0) is 0 Å². The molecule has 1 aromatic carbocycles. The van der Waals surface area contributed by atoms with Crippen LogP contribution in [0.4, 0.5) is 0 Å². The second-order valence-electron chi connectivity index (χ2n) is 4.51. The Bertz CT molecular complexity index is 390. The van der Waals surface area contributed by atoms with E-state index in [-0.39, 0.29) is 5.84 Å². The average molecular weight is 265 g/mol. The van der Waals surface area contributed by atoms with Crippen molar-refractivity contribution in [2.45, 2.75) is 19.8 Å². The van der Waals surface area contributed by atoms with Crippen LogP contribution in [0, 0.1) is 0 Å². The third kappa shape index (κ3) is 5.61. The Morgan fingerprint density at radius 3 is 2.58 bits per heavy atom. The van der Waals surface area contributed by atoms with Crippen molar-refractivity contribution in [2.75, 3.05) is 26.7 Å². The van der Waals surface area contributed by atoms with E-state index < -0.39 is 0 Å². The molecular formula is C14H23N3O2. The van der Waals surface area contributed by atoms with Crippen LogP contribution in [0.5, 0.6) is 5.75 Å². The number of hydrogen-bond acceptors (Lipinski definition) is 4. The van der Waals surface area contributed by atoms with Crippen LogP contribution in [0.2, 0.25) is 0 Å². The van der Waals surface area contributed by atoms with E-state index in [2.05, 4.69) is 24.0 Å². The van der Waals surface area contributed by atoms with Gasteiger partial charge >= 0.3 is 0 Å². The number of oxime groups is 1. The standard InChI is InChI=1S/C14H23N3O2/c1-3-4-9-17(2)10-11-19-13-7-5-12(6-8-13)14(15)16-18/h5-8,18H,3-4,9-11H2,1-2H3,(H2,15,16). The van der Waals surface area contributed by atoms with Gasteiger partial charge in [-0.15, -0.1) is 0 Å². The van der Waals surface area contributed by atoms with Crippen LogP contribution < -0.4 is 10.5 Å². The zero-order valence-electron chi connectivity index (χ0n) is 11.7. The van der Waals surface area contributed by atoms with Crippen molar-refractivity contribution in [3.63, 3.8) is 0 Å². The van der Waals surface area contributed by atoms with E-state index in [1.54, 1.807) is 12.1 Å². The predicted molar refractivity (Wildman–Crippen MR) is 76.9 cm³/mol. The highest BCUT2D eigenvalue weighted by Gasteiger charge is 2.01. The summed E-state index contributed by atoms with van der Waals surface area (Å²) in [5.41, 5.74) is 6.16. The molecule has 0 spiro atoms. The molecule has 106 valence electrons. The summed E-state index contributed by atoms with van der Waals surface area (Å²) in [4.78, 5) is 2.26. The molecule has 5 nitrogen and oxygen atoms in total. The summed E-state index contributed by atoms with van der Waals surface area (Å²) in [7, 11) is 2.10. The minimum Gasteiger partial charge on any atom is -0.492 e. The third-order valence-electron chi connectivity index (χ3n) is 2.89. The molecule has 0 radical (unpaired) electrons. The summed E-state index contributed by atoms with van der Waals surface area (Å²) in [6.45, 7) is 4.85. The maximum Gasteiger partial charge on any atom is 0.170 e. The van der Waals surface area contributed by atoms with Crippen LogP contribution in [0.1, 0.15) is 25.3 Å². The predicted octanol–water partition coefficient (Wildman–Crippen LogP) is 1.89. The molecule has 0 aliphatic rings. The fraction of sp³-hybridized carbons (Fsp3) is 0.500. The van der Waals surface area contributed by atoms with Gasteiger partial charge in [0.2, 0.25) is 0 Å². The Morgan fingerprint density at radius 2 is 2.00 bits per heavy atom. The number of hydrogen-bond donors (Lipinski definition) is 2. The Morgan fingerprint density at radius 1 is 1.32 bits per heavy atom. The lowest BCUT2D eigenvalue weighted by Crippen LogP contribution is -2.25. The lowest BCUT2D eigenvalue weighted by molar-refractivity contribution is 0.235. The molecule has 0 saturated heterocycles. The number of amidine groups is 1. The van der Waals surface area contributed by atoms with Crippen molar-refractivity contribution in [3.8, 4) is 5.75 Å².